The smallest absolute Gasteiger partial charge is 0.305 e. The number of nitro groups is 1. The van der Waals surface area contributed by atoms with Crippen LogP contribution in [0.3, 0.4) is 0 Å². The van der Waals surface area contributed by atoms with Crippen LogP contribution in [0, 0.1) is 39.2 Å². The molecule has 3 N–H and O–H groups in total. The fraction of sp³-hybridized carbons (Fsp3) is 0.682. The normalized spacial score (nSPS) is 35.6. The summed E-state index contributed by atoms with van der Waals surface area (Å²) in [6.45, 7) is 1.90. The number of carbonyl (C=O) groups excluding carboxylic acids is 2. The van der Waals surface area contributed by atoms with Crippen LogP contribution in [-0.4, -0.2) is 60.1 Å². The Kier molecular flexibility index (Phi) is 5.74. The molecule has 1 saturated heterocycles. The number of carbonyl (C=O) groups is 2. The van der Waals surface area contributed by atoms with Crippen LogP contribution < -0.4 is 15.4 Å². The van der Waals surface area contributed by atoms with E-state index in [0.717, 1.165) is 34.1 Å². The van der Waals surface area contributed by atoms with Crippen LogP contribution in [0.15, 0.2) is 18.3 Å². The molecule has 190 valence electrons. The molecule has 4 aliphatic carbocycles. The number of anilines is 1. The quantitative estimate of drug-likeness (QED) is 0.424. The van der Waals surface area contributed by atoms with Gasteiger partial charge in [-0.15, -0.1) is 0 Å². The molecule has 1 aromatic rings. The number of nitrogens with zero attached hydrogens (tertiary/aromatic N) is 4. The number of rotatable bonds is 6. The van der Waals surface area contributed by atoms with Crippen molar-refractivity contribution in [1.29, 1.82) is 0 Å². The molecule has 6 rings (SSSR count). The summed E-state index contributed by atoms with van der Waals surface area (Å²) in [5, 5.41) is 14.0. The molecule has 13 heteroatoms. The minimum Gasteiger partial charge on any atom is -0.369 e. The van der Waals surface area contributed by atoms with Crippen LogP contribution in [0.25, 0.3) is 0 Å². The van der Waals surface area contributed by atoms with Crippen LogP contribution >= 0.6 is 0 Å². The topological polar surface area (TPSA) is 169 Å². The average molecular weight is 507 g/mol. The van der Waals surface area contributed by atoms with Crippen LogP contribution in [0.2, 0.25) is 0 Å². The molecule has 4 saturated carbocycles. The van der Waals surface area contributed by atoms with E-state index in [0.29, 0.717) is 18.8 Å². The monoisotopic (exact) mass is 506 g/mol. The second-order valence-electron chi connectivity index (χ2n) is 10.8. The lowest BCUT2D eigenvalue weighted by molar-refractivity contribution is -0.385. The van der Waals surface area contributed by atoms with Gasteiger partial charge in [0.05, 0.1) is 11.5 Å². The van der Waals surface area contributed by atoms with Gasteiger partial charge >= 0.3 is 10.2 Å². The maximum Gasteiger partial charge on any atom is 0.305 e. The van der Waals surface area contributed by atoms with E-state index >= 15 is 0 Å². The molecular formula is C22H30N6O6S. The van der Waals surface area contributed by atoms with Crippen molar-refractivity contribution in [3.63, 3.8) is 0 Å². The predicted octanol–water partition coefficient (Wildman–Crippen LogP) is 0.789. The highest BCUT2D eigenvalue weighted by atomic mass is 32.2. The molecule has 3 unspecified atom stereocenters. The van der Waals surface area contributed by atoms with Crippen molar-refractivity contribution in [3.05, 3.63) is 28.4 Å². The van der Waals surface area contributed by atoms with Gasteiger partial charge in [0.25, 0.3) is 5.69 Å². The fourth-order valence-corrected chi connectivity index (χ4v) is 8.75. The van der Waals surface area contributed by atoms with Gasteiger partial charge in [-0.05, 0) is 61.8 Å². The molecule has 3 atom stereocenters. The van der Waals surface area contributed by atoms with Gasteiger partial charge < -0.3 is 11.1 Å². The van der Waals surface area contributed by atoms with E-state index in [2.05, 4.69) is 10.3 Å². The van der Waals surface area contributed by atoms with Gasteiger partial charge in [0.2, 0.25) is 11.8 Å². The van der Waals surface area contributed by atoms with Gasteiger partial charge in [0.1, 0.15) is 12.0 Å². The second kappa shape index (κ2) is 8.40. The summed E-state index contributed by atoms with van der Waals surface area (Å²) < 4.78 is 28.9. The number of primary amides is 1. The Morgan fingerprint density at radius 3 is 2.49 bits per heavy atom. The SMILES string of the molecule is CC1CN(CC(=O)NC2C3CC4CC2CC(C(N)=O)(C4)C3)S(=O)(=O)N(c2ccc([N+](=O)[O-])cn2)C1. The van der Waals surface area contributed by atoms with E-state index < -0.39 is 20.5 Å². The summed E-state index contributed by atoms with van der Waals surface area (Å²) in [4.78, 5) is 39.5. The summed E-state index contributed by atoms with van der Waals surface area (Å²) in [6, 6.07) is 2.43. The van der Waals surface area contributed by atoms with Crippen molar-refractivity contribution in [2.24, 2.45) is 34.8 Å². The van der Waals surface area contributed by atoms with Crippen LogP contribution in [-0.2, 0) is 19.8 Å². The van der Waals surface area contributed by atoms with Gasteiger partial charge in [0, 0.05) is 30.6 Å². The first-order valence-corrected chi connectivity index (χ1v) is 13.4. The van der Waals surface area contributed by atoms with Gasteiger partial charge in [-0.2, -0.15) is 12.7 Å². The van der Waals surface area contributed by atoms with E-state index in [4.69, 9.17) is 5.73 Å². The van der Waals surface area contributed by atoms with E-state index in [1.807, 2.05) is 6.92 Å². The van der Waals surface area contributed by atoms with Crippen molar-refractivity contribution in [2.75, 3.05) is 23.9 Å². The minimum absolute atomic E-state index is 0.0744. The van der Waals surface area contributed by atoms with Crippen molar-refractivity contribution < 1.29 is 22.9 Å². The second-order valence-corrected chi connectivity index (χ2v) is 12.6. The Balaban J connectivity index is 1.28. The molecule has 1 aromatic heterocycles. The molecule has 0 spiro atoms. The lowest BCUT2D eigenvalue weighted by Gasteiger charge is -2.58. The van der Waals surface area contributed by atoms with Crippen molar-refractivity contribution in [1.82, 2.24) is 14.6 Å². The first-order chi connectivity index (χ1) is 16.5. The highest BCUT2D eigenvalue weighted by molar-refractivity contribution is 7.90. The zero-order valence-corrected chi connectivity index (χ0v) is 20.3. The average Bonchev–Trinajstić information content (AvgIpc) is 2.78. The van der Waals surface area contributed by atoms with Crippen molar-refractivity contribution in [3.8, 4) is 0 Å². The first-order valence-electron chi connectivity index (χ1n) is 12.0. The first kappa shape index (κ1) is 23.9. The van der Waals surface area contributed by atoms with Crippen LogP contribution in [0.5, 0.6) is 0 Å². The molecule has 0 aromatic carbocycles. The number of hydrogen-bond donors (Lipinski definition) is 2. The lowest BCUT2D eigenvalue weighted by atomic mass is 9.47. The van der Waals surface area contributed by atoms with E-state index in [9.17, 15) is 28.1 Å². The number of aromatic nitrogens is 1. The molecule has 2 amide bonds. The molecule has 2 heterocycles. The van der Waals surface area contributed by atoms with E-state index in [1.54, 1.807) is 0 Å². The van der Waals surface area contributed by atoms with Crippen molar-refractivity contribution >= 4 is 33.5 Å². The zero-order chi connectivity index (χ0) is 25.1. The number of amides is 2. The molecule has 5 fully saturated rings. The lowest BCUT2D eigenvalue weighted by Crippen LogP contribution is -2.63. The Hall–Kier alpha value is -2.80. The Labute approximate surface area is 203 Å². The van der Waals surface area contributed by atoms with Crippen LogP contribution in [0.4, 0.5) is 11.5 Å². The summed E-state index contributed by atoms with van der Waals surface area (Å²) in [5.41, 5.74) is 5.05. The standard InChI is InChI=1S/C22H30N6O6S/c1-13-10-26(35(33,34)27(11-13)18-3-2-17(9-24-18)28(31)32)12-19(29)25-20-15-4-14-5-16(20)8-22(6-14,7-15)21(23)30/h2-3,9,13-16,20H,4-8,10-12H2,1H3,(H2,23,30)(H,25,29). The van der Waals surface area contributed by atoms with Gasteiger partial charge in [0.15, 0.2) is 0 Å². The molecule has 5 aliphatic rings. The number of hydrogen-bond acceptors (Lipinski definition) is 7. The van der Waals surface area contributed by atoms with Gasteiger partial charge in [-0.3, -0.25) is 19.7 Å². The third-order valence-corrected chi connectivity index (χ3v) is 10.1. The van der Waals surface area contributed by atoms with Crippen LogP contribution in [0.1, 0.15) is 39.0 Å². The highest BCUT2D eigenvalue weighted by Gasteiger charge is 2.58. The molecule has 12 nitrogen and oxygen atoms in total. The van der Waals surface area contributed by atoms with E-state index in [-0.39, 0.29) is 66.7 Å². The minimum atomic E-state index is -4.05. The van der Waals surface area contributed by atoms with Crippen molar-refractivity contribution in [2.45, 2.75) is 45.1 Å². The fourth-order valence-electron chi connectivity index (χ4n) is 6.96. The summed E-state index contributed by atoms with van der Waals surface area (Å²) in [6.07, 6.45) is 5.13. The molecule has 0 radical (unpaired) electrons. The third kappa shape index (κ3) is 4.14. The maximum absolute atomic E-state index is 13.3. The largest absolute Gasteiger partial charge is 0.369 e. The predicted molar refractivity (Wildman–Crippen MR) is 125 cm³/mol. The number of nitrogens with one attached hydrogen (secondary N) is 1. The molecule has 1 aliphatic heterocycles. The number of pyridine rings is 1. The zero-order valence-electron chi connectivity index (χ0n) is 19.5. The molecular weight excluding hydrogens is 476 g/mol. The number of nitrogens with two attached hydrogens (primary N) is 1. The van der Waals surface area contributed by atoms with Gasteiger partial charge in [-0.1, -0.05) is 6.92 Å². The Morgan fingerprint density at radius 2 is 1.91 bits per heavy atom. The molecule has 4 bridgehead atoms. The summed E-state index contributed by atoms with van der Waals surface area (Å²) >= 11 is 0. The summed E-state index contributed by atoms with van der Waals surface area (Å²) in [5.74, 6) is 0.190. The molecule has 35 heavy (non-hydrogen) atoms. The van der Waals surface area contributed by atoms with E-state index in [1.165, 1.54) is 12.1 Å². The van der Waals surface area contributed by atoms with Gasteiger partial charge in [-0.25, -0.2) is 9.29 Å². The third-order valence-electron chi connectivity index (χ3n) is 8.24. The Bertz CT molecular complexity index is 1140. The summed E-state index contributed by atoms with van der Waals surface area (Å²) in [7, 11) is -4.05. The highest BCUT2D eigenvalue weighted by Crippen LogP contribution is 2.59. The maximum atomic E-state index is 13.3. The Morgan fingerprint density at radius 1 is 1.23 bits per heavy atom.